The standard InChI is InChI=1S/C13H19N3O3S/c1-9-14-10(8-20-9)7-16(2)12(19)15-13(11(17)18)5-3-4-6-13/h8H,3-7H2,1-2H3,(H,15,19)(H,17,18). The van der Waals surface area contributed by atoms with Gasteiger partial charge in [0.15, 0.2) is 0 Å². The Morgan fingerprint density at radius 1 is 1.50 bits per heavy atom. The summed E-state index contributed by atoms with van der Waals surface area (Å²) in [6, 6.07) is -0.361. The highest BCUT2D eigenvalue weighted by Gasteiger charge is 2.43. The fraction of sp³-hybridized carbons (Fsp3) is 0.615. The van der Waals surface area contributed by atoms with Crippen LogP contribution in [0.5, 0.6) is 0 Å². The first-order valence-corrected chi connectivity index (χ1v) is 7.48. The van der Waals surface area contributed by atoms with Crippen molar-refractivity contribution in [3.63, 3.8) is 0 Å². The summed E-state index contributed by atoms with van der Waals surface area (Å²) in [5.74, 6) is -0.943. The monoisotopic (exact) mass is 297 g/mol. The Morgan fingerprint density at radius 3 is 2.65 bits per heavy atom. The van der Waals surface area contributed by atoms with E-state index in [1.807, 2.05) is 12.3 Å². The number of rotatable bonds is 4. The third-order valence-electron chi connectivity index (χ3n) is 3.63. The first kappa shape index (κ1) is 14.8. The van der Waals surface area contributed by atoms with E-state index in [1.165, 1.54) is 16.2 Å². The van der Waals surface area contributed by atoms with Crippen LogP contribution < -0.4 is 5.32 Å². The van der Waals surface area contributed by atoms with E-state index >= 15 is 0 Å². The summed E-state index contributed by atoms with van der Waals surface area (Å²) in [5, 5.41) is 14.9. The molecule has 0 radical (unpaired) electrons. The average Bonchev–Trinajstić information content (AvgIpc) is 2.99. The van der Waals surface area contributed by atoms with Crippen LogP contribution in [0.3, 0.4) is 0 Å². The molecule has 1 aliphatic rings. The molecule has 2 rings (SSSR count). The van der Waals surface area contributed by atoms with E-state index < -0.39 is 11.5 Å². The molecule has 1 heterocycles. The molecule has 110 valence electrons. The van der Waals surface area contributed by atoms with Crippen molar-refractivity contribution in [1.29, 1.82) is 0 Å². The van der Waals surface area contributed by atoms with E-state index in [2.05, 4.69) is 10.3 Å². The fourth-order valence-corrected chi connectivity index (χ4v) is 3.07. The fourth-order valence-electron chi connectivity index (χ4n) is 2.47. The summed E-state index contributed by atoms with van der Waals surface area (Å²) < 4.78 is 0. The molecule has 7 heteroatoms. The van der Waals surface area contributed by atoms with Crippen LogP contribution in [0.2, 0.25) is 0 Å². The predicted molar refractivity (Wildman–Crippen MR) is 75.7 cm³/mol. The molecule has 6 nitrogen and oxygen atoms in total. The van der Waals surface area contributed by atoms with Gasteiger partial charge in [0.05, 0.1) is 17.2 Å². The minimum absolute atomic E-state index is 0.361. The number of amides is 2. The molecule has 0 unspecified atom stereocenters. The molecule has 1 aromatic rings. The number of urea groups is 1. The summed E-state index contributed by atoms with van der Waals surface area (Å²) in [5.41, 5.74) is -0.274. The van der Waals surface area contributed by atoms with Gasteiger partial charge in [-0.1, -0.05) is 12.8 Å². The molecule has 0 aliphatic heterocycles. The van der Waals surface area contributed by atoms with Crippen LogP contribution in [0.15, 0.2) is 5.38 Å². The Bertz CT molecular complexity index is 509. The van der Waals surface area contributed by atoms with Crippen molar-refractivity contribution in [3.05, 3.63) is 16.1 Å². The highest BCUT2D eigenvalue weighted by atomic mass is 32.1. The van der Waals surface area contributed by atoms with Gasteiger partial charge in [-0.2, -0.15) is 0 Å². The molecule has 2 amide bonds. The maximum Gasteiger partial charge on any atom is 0.329 e. The molecule has 0 bridgehead atoms. The van der Waals surface area contributed by atoms with Gasteiger partial charge in [0.2, 0.25) is 0 Å². The van der Waals surface area contributed by atoms with Gasteiger partial charge in [-0.25, -0.2) is 14.6 Å². The lowest BCUT2D eigenvalue weighted by atomic mass is 9.98. The van der Waals surface area contributed by atoms with Gasteiger partial charge in [-0.05, 0) is 19.8 Å². The summed E-state index contributed by atoms with van der Waals surface area (Å²) >= 11 is 1.53. The number of nitrogens with zero attached hydrogens (tertiary/aromatic N) is 2. The zero-order valence-corrected chi connectivity index (χ0v) is 12.5. The smallest absolute Gasteiger partial charge is 0.329 e. The largest absolute Gasteiger partial charge is 0.480 e. The first-order valence-electron chi connectivity index (χ1n) is 6.61. The van der Waals surface area contributed by atoms with Crippen LogP contribution in [-0.4, -0.2) is 39.6 Å². The van der Waals surface area contributed by atoms with Crippen molar-refractivity contribution in [2.45, 2.75) is 44.7 Å². The van der Waals surface area contributed by atoms with E-state index in [0.29, 0.717) is 19.4 Å². The van der Waals surface area contributed by atoms with Crippen molar-refractivity contribution < 1.29 is 14.7 Å². The van der Waals surface area contributed by atoms with E-state index in [4.69, 9.17) is 0 Å². The number of hydrogen-bond acceptors (Lipinski definition) is 4. The number of hydrogen-bond donors (Lipinski definition) is 2. The van der Waals surface area contributed by atoms with Gasteiger partial charge in [0, 0.05) is 12.4 Å². The lowest BCUT2D eigenvalue weighted by Gasteiger charge is -2.28. The maximum absolute atomic E-state index is 12.1. The number of nitrogens with one attached hydrogen (secondary N) is 1. The predicted octanol–water partition coefficient (Wildman–Crippen LogP) is 1.99. The number of carboxylic acid groups (broad SMARTS) is 1. The zero-order chi connectivity index (χ0) is 14.8. The van der Waals surface area contributed by atoms with Gasteiger partial charge in [-0.3, -0.25) is 0 Å². The Morgan fingerprint density at radius 2 is 2.15 bits per heavy atom. The van der Waals surface area contributed by atoms with Gasteiger partial charge in [0.25, 0.3) is 0 Å². The number of carbonyl (C=O) groups excluding carboxylic acids is 1. The molecule has 1 aromatic heterocycles. The van der Waals surface area contributed by atoms with E-state index in [-0.39, 0.29) is 6.03 Å². The normalized spacial score (nSPS) is 16.9. The van der Waals surface area contributed by atoms with Crippen molar-refractivity contribution in [1.82, 2.24) is 15.2 Å². The van der Waals surface area contributed by atoms with E-state index in [9.17, 15) is 14.7 Å². The second-order valence-corrected chi connectivity index (χ2v) is 6.30. The summed E-state index contributed by atoms with van der Waals surface area (Å²) in [6.45, 7) is 2.29. The highest BCUT2D eigenvalue weighted by Crippen LogP contribution is 2.30. The Balaban J connectivity index is 1.98. The first-order chi connectivity index (χ1) is 9.43. The lowest BCUT2D eigenvalue weighted by Crippen LogP contribution is -2.55. The van der Waals surface area contributed by atoms with Crippen LogP contribution >= 0.6 is 11.3 Å². The number of aryl methyl sites for hydroxylation is 1. The molecule has 2 N–H and O–H groups in total. The Hall–Kier alpha value is -1.63. The van der Waals surface area contributed by atoms with Crippen molar-refractivity contribution >= 4 is 23.3 Å². The molecule has 0 saturated heterocycles. The summed E-state index contributed by atoms with van der Waals surface area (Å²) in [7, 11) is 1.65. The molecule has 0 aromatic carbocycles. The SMILES string of the molecule is Cc1nc(CN(C)C(=O)NC2(C(=O)O)CCCC2)cs1. The molecule has 0 atom stereocenters. The molecule has 1 fully saturated rings. The van der Waals surface area contributed by atoms with Crippen LogP contribution in [0.1, 0.15) is 36.4 Å². The minimum atomic E-state index is -1.09. The topological polar surface area (TPSA) is 82.5 Å². The summed E-state index contributed by atoms with van der Waals surface area (Å²) in [6.07, 6.45) is 2.67. The van der Waals surface area contributed by atoms with Gasteiger partial charge in [-0.15, -0.1) is 11.3 Å². The molecule has 1 aliphatic carbocycles. The molecule has 0 spiro atoms. The van der Waals surface area contributed by atoms with Crippen molar-refractivity contribution in [2.24, 2.45) is 0 Å². The zero-order valence-electron chi connectivity index (χ0n) is 11.7. The van der Waals surface area contributed by atoms with E-state index in [1.54, 1.807) is 7.05 Å². The number of thiazole rings is 1. The Labute approximate surface area is 121 Å². The quantitative estimate of drug-likeness (QED) is 0.890. The number of aliphatic carboxylic acids is 1. The second kappa shape index (κ2) is 5.78. The number of carboxylic acids is 1. The maximum atomic E-state index is 12.1. The molecule has 1 saturated carbocycles. The number of aromatic nitrogens is 1. The van der Waals surface area contributed by atoms with E-state index in [0.717, 1.165) is 23.5 Å². The second-order valence-electron chi connectivity index (χ2n) is 5.24. The lowest BCUT2D eigenvalue weighted by molar-refractivity contribution is -0.144. The van der Waals surface area contributed by atoms with Gasteiger partial charge < -0.3 is 15.3 Å². The van der Waals surface area contributed by atoms with Crippen LogP contribution in [0.25, 0.3) is 0 Å². The van der Waals surface area contributed by atoms with Crippen LogP contribution in [-0.2, 0) is 11.3 Å². The minimum Gasteiger partial charge on any atom is -0.480 e. The highest BCUT2D eigenvalue weighted by molar-refractivity contribution is 7.09. The Kier molecular flexibility index (Phi) is 4.27. The number of carbonyl (C=O) groups is 2. The molecule has 20 heavy (non-hydrogen) atoms. The van der Waals surface area contributed by atoms with Crippen molar-refractivity contribution in [3.8, 4) is 0 Å². The molecular formula is C13H19N3O3S. The third-order valence-corrected chi connectivity index (χ3v) is 4.45. The molecular weight excluding hydrogens is 278 g/mol. The van der Waals surface area contributed by atoms with Gasteiger partial charge >= 0.3 is 12.0 Å². The van der Waals surface area contributed by atoms with Crippen LogP contribution in [0.4, 0.5) is 4.79 Å². The van der Waals surface area contributed by atoms with Crippen LogP contribution in [0, 0.1) is 6.92 Å². The average molecular weight is 297 g/mol. The van der Waals surface area contributed by atoms with Gasteiger partial charge in [0.1, 0.15) is 5.54 Å². The third kappa shape index (κ3) is 3.09. The van der Waals surface area contributed by atoms with Crippen molar-refractivity contribution in [2.75, 3.05) is 7.05 Å². The summed E-state index contributed by atoms with van der Waals surface area (Å²) in [4.78, 5) is 29.3.